The molecule has 5 nitrogen and oxygen atoms in total. The van der Waals surface area contributed by atoms with E-state index in [9.17, 15) is 9.18 Å². The Morgan fingerprint density at radius 1 is 1.04 bits per heavy atom. The Labute approximate surface area is 153 Å². The fourth-order valence-electron chi connectivity index (χ4n) is 2.94. The maximum Gasteiger partial charge on any atom is 0.241 e. The standard InChI is InChI=1S/C20H23FN4O/c21-19-9-5-4-6-17(19)16-22-23-20(26)10-11-24-12-14-25(15-13-24)18-7-2-1-3-8-18/h1-9,16H,10-15H2,(H,23,26). The minimum absolute atomic E-state index is 0.164. The predicted octanol–water partition coefficient (Wildman–Crippen LogP) is 2.49. The molecule has 1 amide bonds. The molecule has 0 aliphatic carbocycles. The Kier molecular flexibility index (Phi) is 6.33. The SMILES string of the molecule is O=C(CCN1CCN(c2ccccc2)CC1)NN=Cc1ccccc1F. The number of carbonyl (C=O) groups excluding carboxylic acids is 1. The summed E-state index contributed by atoms with van der Waals surface area (Å²) >= 11 is 0. The zero-order valence-electron chi connectivity index (χ0n) is 14.6. The average Bonchev–Trinajstić information content (AvgIpc) is 2.69. The first kappa shape index (κ1) is 18.1. The van der Waals surface area contributed by atoms with Crippen molar-refractivity contribution in [3.8, 4) is 0 Å². The Morgan fingerprint density at radius 3 is 2.46 bits per heavy atom. The van der Waals surface area contributed by atoms with Crippen LogP contribution in [0.5, 0.6) is 0 Å². The van der Waals surface area contributed by atoms with Gasteiger partial charge < -0.3 is 4.90 Å². The lowest BCUT2D eigenvalue weighted by atomic mass is 10.2. The van der Waals surface area contributed by atoms with Gasteiger partial charge in [-0.2, -0.15) is 5.10 Å². The number of anilines is 1. The predicted molar refractivity (Wildman–Crippen MR) is 102 cm³/mol. The normalized spacial score (nSPS) is 15.3. The summed E-state index contributed by atoms with van der Waals surface area (Å²) in [5.74, 6) is -0.523. The lowest BCUT2D eigenvalue weighted by Gasteiger charge is -2.36. The summed E-state index contributed by atoms with van der Waals surface area (Å²) in [6.07, 6.45) is 1.70. The number of hydrogen-bond donors (Lipinski definition) is 1. The van der Waals surface area contributed by atoms with Crippen molar-refractivity contribution in [2.24, 2.45) is 5.10 Å². The summed E-state index contributed by atoms with van der Waals surface area (Å²) in [5.41, 5.74) is 4.05. The van der Waals surface area contributed by atoms with Gasteiger partial charge in [-0.25, -0.2) is 9.82 Å². The zero-order chi connectivity index (χ0) is 18.2. The van der Waals surface area contributed by atoms with Gasteiger partial charge in [-0.15, -0.1) is 0 Å². The van der Waals surface area contributed by atoms with Gasteiger partial charge in [-0.1, -0.05) is 36.4 Å². The molecule has 0 spiro atoms. The van der Waals surface area contributed by atoms with Gasteiger partial charge in [-0.05, 0) is 18.2 Å². The Bertz CT molecular complexity index is 742. The van der Waals surface area contributed by atoms with Gasteiger partial charge in [0.1, 0.15) is 5.82 Å². The molecule has 0 unspecified atom stereocenters. The Hall–Kier alpha value is -2.73. The van der Waals surface area contributed by atoms with E-state index < -0.39 is 0 Å². The summed E-state index contributed by atoms with van der Waals surface area (Å²) in [5, 5.41) is 3.83. The number of hydrogen-bond acceptors (Lipinski definition) is 4. The van der Waals surface area contributed by atoms with Crippen molar-refractivity contribution >= 4 is 17.8 Å². The van der Waals surface area contributed by atoms with E-state index >= 15 is 0 Å². The maximum absolute atomic E-state index is 13.4. The molecule has 136 valence electrons. The molecule has 1 aliphatic heterocycles. The number of hydrazone groups is 1. The summed E-state index contributed by atoms with van der Waals surface area (Å²) in [6.45, 7) is 4.47. The Morgan fingerprint density at radius 2 is 1.73 bits per heavy atom. The minimum atomic E-state index is -0.359. The topological polar surface area (TPSA) is 47.9 Å². The third kappa shape index (κ3) is 5.13. The molecule has 0 radical (unpaired) electrons. The smallest absolute Gasteiger partial charge is 0.241 e. The molecule has 0 bridgehead atoms. The second-order valence-electron chi connectivity index (χ2n) is 6.23. The summed E-state index contributed by atoms with van der Waals surface area (Å²) in [7, 11) is 0. The Balaban J connectivity index is 1.37. The number of rotatable bonds is 6. The van der Waals surface area contributed by atoms with Crippen LogP contribution >= 0.6 is 0 Å². The number of halogens is 1. The lowest BCUT2D eigenvalue weighted by Crippen LogP contribution is -2.47. The van der Waals surface area contributed by atoms with Crippen molar-refractivity contribution in [3.05, 3.63) is 66.0 Å². The van der Waals surface area contributed by atoms with Crippen molar-refractivity contribution in [2.45, 2.75) is 6.42 Å². The van der Waals surface area contributed by atoms with Gasteiger partial charge in [0.25, 0.3) is 0 Å². The molecule has 3 rings (SSSR count). The molecule has 1 aliphatic rings. The number of nitrogens with one attached hydrogen (secondary N) is 1. The van der Waals surface area contributed by atoms with E-state index in [1.807, 2.05) is 18.2 Å². The van der Waals surface area contributed by atoms with Gasteiger partial charge in [0.2, 0.25) is 5.91 Å². The van der Waals surface area contributed by atoms with Crippen LogP contribution in [0.4, 0.5) is 10.1 Å². The van der Waals surface area contributed by atoms with Crippen LogP contribution in [0.15, 0.2) is 59.7 Å². The molecule has 1 fully saturated rings. The summed E-state index contributed by atoms with van der Waals surface area (Å²) in [4.78, 5) is 16.5. The van der Waals surface area contributed by atoms with E-state index in [-0.39, 0.29) is 11.7 Å². The van der Waals surface area contributed by atoms with Crippen molar-refractivity contribution < 1.29 is 9.18 Å². The first-order valence-corrected chi connectivity index (χ1v) is 8.81. The highest BCUT2D eigenvalue weighted by atomic mass is 19.1. The van der Waals surface area contributed by atoms with E-state index in [1.54, 1.807) is 18.2 Å². The zero-order valence-corrected chi connectivity index (χ0v) is 14.6. The van der Waals surface area contributed by atoms with Crippen molar-refractivity contribution in [1.82, 2.24) is 10.3 Å². The van der Waals surface area contributed by atoms with E-state index in [0.717, 1.165) is 26.2 Å². The lowest BCUT2D eigenvalue weighted by molar-refractivity contribution is -0.121. The molecule has 1 N–H and O–H groups in total. The van der Waals surface area contributed by atoms with Crippen LogP contribution in [-0.4, -0.2) is 49.7 Å². The van der Waals surface area contributed by atoms with Gasteiger partial charge in [-0.3, -0.25) is 9.69 Å². The van der Waals surface area contributed by atoms with Crippen LogP contribution < -0.4 is 10.3 Å². The highest BCUT2D eigenvalue weighted by Gasteiger charge is 2.17. The van der Waals surface area contributed by atoms with Gasteiger partial charge >= 0.3 is 0 Å². The monoisotopic (exact) mass is 354 g/mol. The van der Waals surface area contributed by atoms with Crippen LogP contribution in [0, 0.1) is 5.82 Å². The fraction of sp³-hybridized carbons (Fsp3) is 0.300. The van der Waals surface area contributed by atoms with Gasteiger partial charge in [0, 0.05) is 50.4 Å². The first-order valence-electron chi connectivity index (χ1n) is 8.81. The number of benzene rings is 2. The van der Waals surface area contributed by atoms with E-state index in [0.29, 0.717) is 18.5 Å². The molecule has 26 heavy (non-hydrogen) atoms. The molecule has 0 atom stereocenters. The molecule has 0 saturated carbocycles. The third-order valence-corrected chi connectivity index (χ3v) is 4.45. The second kappa shape index (κ2) is 9.10. The maximum atomic E-state index is 13.4. The number of para-hydroxylation sites is 1. The number of carbonyl (C=O) groups is 1. The molecule has 2 aromatic carbocycles. The van der Waals surface area contributed by atoms with E-state index in [2.05, 4.69) is 32.5 Å². The first-order chi connectivity index (χ1) is 12.7. The highest BCUT2D eigenvalue weighted by molar-refractivity contribution is 5.82. The number of piperazine rings is 1. The molecule has 1 saturated heterocycles. The van der Waals surface area contributed by atoms with Crippen molar-refractivity contribution in [2.75, 3.05) is 37.6 Å². The van der Waals surface area contributed by atoms with Crippen molar-refractivity contribution in [1.29, 1.82) is 0 Å². The summed E-state index contributed by atoms with van der Waals surface area (Å²) in [6, 6.07) is 16.7. The number of nitrogens with zero attached hydrogens (tertiary/aromatic N) is 3. The molecule has 0 aromatic heterocycles. The van der Waals surface area contributed by atoms with Crippen LogP contribution in [0.25, 0.3) is 0 Å². The largest absolute Gasteiger partial charge is 0.369 e. The van der Waals surface area contributed by atoms with Crippen LogP contribution in [0.3, 0.4) is 0 Å². The quantitative estimate of drug-likeness (QED) is 0.640. The van der Waals surface area contributed by atoms with Crippen LogP contribution in [0.2, 0.25) is 0 Å². The molecular weight excluding hydrogens is 331 g/mol. The van der Waals surface area contributed by atoms with Crippen molar-refractivity contribution in [3.63, 3.8) is 0 Å². The van der Waals surface area contributed by atoms with E-state index in [4.69, 9.17) is 0 Å². The minimum Gasteiger partial charge on any atom is -0.369 e. The molecule has 2 aromatic rings. The summed E-state index contributed by atoms with van der Waals surface area (Å²) < 4.78 is 13.4. The van der Waals surface area contributed by atoms with Crippen LogP contribution in [-0.2, 0) is 4.79 Å². The number of amides is 1. The van der Waals surface area contributed by atoms with E-state index in [1.165, 1.54) is 18.0 Å². The second-order valence-corrected chi connectivity index (χ2v) is 6.23. The molecular formula is C20H23FN4O. The average molecular weight is 354 g/mol. The van der Waals surface area contributed by atoms with Gasteiger partial charge in [0.05, 0.1) is 6.21 Å². The van der Waals surface area contributed by atoms with Gasteiger partial charge in [0.15, 0.2) is 0 Å². The molecule has 1 heterocycles. The third-order valence-electron chi connectivity index (χ3n) is 4.45. The van der Waals surface area contributed by atoms with Crippen LogP contribution in [0.1, 0.15) is 12.0 Å². The molecule has 6 heteroatoms. The highest BCUT2D eigenvalue weighted by Crippen LogP contribution is 2.15. The fourth-order valence-corrected chi connectivity index (χ4v) is 2.94.